The van der Waals surface area contributed by atoms with Gasteiger partial charge in [-0.1, -0.05) is 0 Å². The minimum absolute atomic E-state index is 0.00288. The Hall–Kier alpha value is -3.69. The van der Waals surface area contributed by atoms with Crippen LogP contribution in [0.4, 0.5) is 29.3 Å². The zero-order valence-electron chi connectivity index (χ0n) is 22.3. The molecule has 0 saturated heterocycles. The van der Waals surface area contributed by atoms with E-state index in [4.69, 9.17) is 9.47 Å². The summed E-state index contributed by atoms with van der Waals surface area (Å²) < 4.78 is 86.3. The highest BCUT2D eigenvalue weighted by atomic mass is 32.2. The first-order valence-electron chi connectivity index (χ1n) is 12.4. The van der Waals surface area contributed by atoms with E-state index in [9.17, 15) is 31.2 Å². The zero-order valence-corrected chi connectivity index (χ0v) is 23.1. The molecule has 12 nitrogen and oxygen atoms in total. The average Bonchev–Trinajstić information content (AvgIpc) is 3.25. The number of fused-ring (bicyclic) bond motifs is 2. The van der Waals surface area contributed by atoms with E-state index in [1.807, 2.05) is 0 Å². The molecule has 16 heteroatoms. The molecule has 2 aliphatic rings. The number of anilines is 2. The van der Waals surface area contributed by atoms with E-state index in [1.165, 1.54) is 32.2 Å². The first kappa shape index (κ1) is 29.3. The lowest BCUT2D eigenvalue weighted by atomic mass is 10.1. The minimum atomic E-state index is -4.81. The van der Waals surface area contributed by atoms with Gasteiger partial charge in [0.1, 0.15) is 11.9 Å². The molecule has 3 heterocycles. The standard InChI is InChI=1S/C24H30F3N5O7S/c1-14(33)28-12-16-13-32(40(35,36)20-17-7-5-6-10-31(17)30-21(20)37-4)18-11-15(8-9-19(18)38-16)29-22(34)39-23(2,3)24(25,26)27/h8-9,11,16H,5-7,10,12-13H2,1-4H3,(H,28,33)(H,29,34)/t16-/m0/s1. The highest BCUT2D eigenvalue weighted by molar-refractivity contribution is 7.93. The van der Waals surface area contributed by atoms with Crippen LogP contribution in [0.15, 0.2) is 23.1 Å². The predicted octanol–water partition coefficient (Wildman–Crippen LogP) is 3.21. The maximum Gasteiger partial charge on any atom is 0.427 e. The lowest BCUT2D eigenvalue weighted by molar-refractivity contribution is -0.242. The van der Waals surface area contributed by atoms with E-state index in [2.05, 4.69) is 20.5 Å². The largest absolute Gasteiger partial charge is 0.484 e. The van der Waals surface area contributed by atoms with E-state index in [-0.39, 0.29) is 46.9 Å². The molecule has 0 unspecified atom stereocenters. The number of nitrogens with one attached hydrogen (secondary N) is 2. The molecule has 2 aliphatic heterocycles. The topological polar surface area (TPSA) is 141 Å². The van der Waals surface area contributed by atoms with Gasteiger partial charge in [-0.05, 0) is 51.3 Å². The van der Waals surface area contributed by atoms with Gasteiger partial charge >= 0.3 is 12.3 Å². The van der Waals surface area contributed by atoms with E-state index < -0.39 is 34.0 Å². The molecule has 4 rings (SSSR count). The van der Waals surface area contributed by atoms with Crippen molar-refractivity contribution in [1.82, 2.24) is 15.1 Å². The van der Waals surface area contributed by atoms with E-state index in [0.717, 1.165) is 17.1 Å². The van der Waals surface area contributed by atoms with Gasteiger partial charge in [0.15, 0.2) is 4.90 Å². The van der Waals surface area contributed by atoms with E-state index in [0.29, 0.717) is 32.5 Å². The van der Waals surface area contributed by atoms with Crippen LogP contribution in [0.2, 0.25) is 0 Å². The number of carbonyl (C=O) groups excluding carboxylic acids is 2. The summed E-state index contributed by atoms with van der Waals surface area (Å²) in [6.45, 7) is 3.03. The van der Waals surface area contributed by atoms with Crippen LogP contribution >= 0.6 is 0 Å². The number of aromatic nitrogens is 2. The summed E-state index contributed by atoms with van der Waals surface area (Å²) in [6.07, 6.45) is -4.94. The number of ether oxygens (including phenoxy) is 3. The Bertz CT molecular complexity index is 1410. The number of alkyl halides is 3. The molecule has 2 N–H and O–H groups in total. The maximum absolute atomic E-state index is 14.2. The lowest BCUT2D eigenvalue weighted by Gasteiger charge is -2.36. The third-order valence-corrected chi connectivity index (χ3v) is 8.35. The van der Waals surface area contributed by atoms with E-state index >= 15 is 0 Å². The smallest absolute Gasteiger partial charge is 0.427 e. The molecule has 2 amide bonds. The first-order valence-corrected chi connectivity index (χ1v) is 13.9. The van der Waals surface area contributed by atoms with Gasteiger partial charge in [-0.15, -0.1) is 5.10 Å². The van der Waals surface area contributed by atoms with Gasteiger partial charge in [-0.25, -0.2) is 13.2 Å². The van der Waals surface area contributed by atoms with Gasteiger partial charge in [-0.3, -0.25) is 19.1 Å². The third-order valence-electron chi connectivity index (χ3n) is 6.50. The third kappa shape index (κ3) is 5.76. The predicted molar refractivity (Wildman–Crippen MR) is 136 cm³/mol. The van der Waals surface area contributed by atoms with Crippen molar-refractivity contribution in [2.75, 3.05) is 29.8 Å². The fourth-order valence-electron chi connectivity index (χ4n) is 4.35. The van der Waals surface area contributed by atoms with Crippen LogP contribution in [0.3, 0.4) is 0 Å². The Morgan fingerprint density at radius 2 is 1.95 bits per heavy atom. The van der Waals surface area contributed by atoms with Crippen LogP contribution in [0, 0.1) is 0 Å². The van der Waals surface area contributed by atoms with Crippen molar-refractivity contribution in [3.05, 3.63) is 23.9 Å². The summed E-state index contributed by atoms with van der Waals surface area (Å²) in [7, 11) is -3.03. The van der Waals surface area contributed by atoms with Crippen LogP contribution in [-0.4, -0.2) is 68.3 Å². The second-order valence-electron chi connectivity index (χ2n) is 9.88. The molecule has 0 spiro atoms. The summed E-state index contributed by atoms with van der Waals surface area (Å²) in [5.74, 6) is -0.300. The van der Waals surface area contributed by atoms with Crippen molar-refractivity contribution < 1.29 is 45.4 Å². The molecular weight excluding hydrogens is 559 g/mol. The molecule has 0 fully saturated rings. The van der Waals surface area contributed by atoms with Gasteiger partial charge in [0, 0.05) is 19.2 Å². The Labute approximate surface area is 228 Å². The summed E-state index contributed by atoms with van der Waals surface area (Å²) >= 11 is 0. The summed E-state index contributed by atoms with van der Waals surface area (Å²) in [5.41, 5.74) is -2.29. The maximum atomic E-state index is 14.2. The quantitative estimate of drug-likeness (QED) is 0.502. The number of nitrogens with zero attached hydrogens (tertiary/aromatic N) is 3. The van der Waals surface area contributed by atoms with Gasteiger partial charge in [0.25, 0.3) is 15.9 Å². The van der Waals surface area contributed by atoms with Crippen molar-refractivity contribution in [3.63, 3.8) is 0 Å². The zero-order chi connectivity index (χ0) is 29.5. The van der Waals surface area contributed by atoms with E-state index in [1.54, 1.807) is 4.68 Å². The Morgan fingerprint density at radius 1 is 1.23 bits per heavy atom. The number of sulfonamides is 1. The number of carbonyl (C=O) groups is 2. The fraction of sp³-hybridized carbons (Fsp3) is 0.542. The molecule has 1 aromatic carbocycles. The fourth-order valence-corrected chi connectivity index (χ4v) is 6.19. The highest BCUT2D eigenvalue weighted by Crippen LogP contribution is 2.42. The first-order chi connectivity index (χ1) is 18.6. The van der Waals surface area contributed by atoms with Crippen LogP contribution in [0.1, 0.15) is 39.3 Å². The van der Waals surface area contributed by atoms with Crippen molar-refractivity contribution in [2.45, 2.75) is 69.4 Å². The number of methoxy groups -OCH3 is 1. The van der Waals surface area contributed by atoms with Crippen LogP contribution < -0.4 is 24.4 Å². The van der Waals surface area contributed by atoms with Crippen LogP contribution in [-0.2, 0) is 32.5 Å². The monoisotopic (exact) mass is 589 g/mol. The molecule has 1 atom stereocenters. The Morgan fingerprint density at radius 3 is 2.60 bits per heavy atom. The van der Waals surface area contributed by atoms with Gasteiger partial charge < -0.3 is 19.5 Å². The Balaban J connectivity index is 1.72. The summed E-state index contributed by atoms with van der Waals surface area (Å²) in [6, 6.07) is 3.95. The molecular formula is C24H30F3N5O7S. The highest BCUT2D eigenvalue weighted by Gasteiger charge is 2.51. The molecule has 40 heavy (non-hydrogen) atoms. The lowest BCUT2D eigenvalue weighted by Crippen LogP contribution is -2.48. The van der Waals surface area contributed by atoms with Crippen molar-refractivity contribution in [3.8, 4) is 11.6 Å². The van der Waals surface area contributed by atoms with Crippen LogP contribution in [0.25, 0.3) is 0 Å². The normalized spacial score (nSPS) is 17.3. The van der Waals surface area contributed by atoms with Gasteiger partial charge in [-0.2, -0.15) is 13.2 Å². The van der Waals surface area contributed by atoms with Crippen molar-refractivity contribution >= 4 is 33.4 Å². The second-order valence-corrected chi connectivity index (χ2v) is 11.7. The summed E-state index contributed by atoms with van der Waals surface area (Å²) in [5, 5.41) is 9.13. The number of hydrogen-bond donors (Lipinski definition) is 2. The van der Waals surface area contributed by atoms with Crippen molar-refractivity contribution in [2.24, 2.45) is 0 Å². The minimum Gasteiger partial charge on any atom is -0.484 e. The molecule has 0 saturated carbocycles. The molecule has 2 aromatic rings. The van der Waals surface area contributed by atoms with Gasteiger partial charge in [0.2, 0.25) is 11.5 Å². The van der Waals surface area contributed by atoms with Gasteiger partial charge in [0.05, 0.1) is 31.6 Å². The SMILES string of the molecule is COc1nn2c(c1S(=O)(=O)N1C[C@H](CNC(C)=O)Oc3ccc(NC(=O)OC(C)(C)C(F)(F)F)cc31)CCCC2. The molecule has 0 aliphatic carbocycles. The van der Waals surface area contributed by atoms with Crippen LogP contribution in [0.5, 0.6) is 11.6 Å². The number of halogens is 3. The average molecular weight is 590 g/mol. The summed E-state index contributed by atoms with van der Waals surface area (Å²) in [4.78, 5) is 23.7. The molecule has 220 valence electrons. The number of hydrogen-bond acceptors (Lipinski definition) is 8. The number of amides is 2. The number of rotatable bonds is 7. The molecule has 1 aromatic heterocycles. The molecule has 0 bridgehead atoms. The number of aryl methyl sites for hydroxylation is 1. The second kappa shape index (κ2) is 10.7. The van der Waals surface area contributed by atoms with Crippen molar-refractivity contribution in [1.29, 1.82) is 0 Å². The molecule has 0 radical (unpaired) electrons. The number of benzene rings is 1. The Kier molecular flexibility index (Phi) is 7.84.